The third-order valence-corrected chi connectivity index (χ3v) is 2.87. The molecule has 4 heteroatoms. The highest BCUT2D eigenvalue weighted by Gasteiger charge is 2.09. The van der Waals surface area contributed by atoms with Crippen molar-refractivity contribution in [1.82, 2.24) is 5.32 Å². The van der Waals surface area contributed by atoms with Gasteiger partial charge >= 0.3 is 0 Å². The van der Waals surface area contributed by atoms with Crippen molar-refractivity contribution in [2.45, 2.75) is 26.4 Å². The lowest BCUT2D eigenvalue weighted by molar-refractivity contribution is 0.0945. The minimum Gasteiger partial charge on any atom is -0.393 e. The highest BCUT2D eigenvalue weighted by atomic mass is 79.9. The number of amides is 1. The van der Waals surface area contributed by atoms with Gasteiger partial charge in [0.1, 0.15) is 0 Å². The fourth-order valence-electron chi connectivity index (χ4n) is 1.29. The summed E-state index contributed by atoms with van der Waals surface area (Å²) in [5.41, 5.74) is 1.73. The Labute approximate surface area is 104 Å². The van der Waals surface area contributed by atoms with Crippen LogP contribution in [0.25, 0.3) is 0 Å². The molecule has 0 saturated carbocycles. The number of carbonyl (C=O) groups is 1. The number of hydrogen-bond acceptors (Lipinski definition) is 2. The van der Waals surface area contributed by atoms with Crippen LogP contribution in [0.1, 0.15) is 29.3 Å². The molecule has 0 aliphatic carbocycles. The summed E-state index contributed by atoms with van der Waals surface area (Å²) in [7, 11) is 0. The van der Waals surface area contributed by atoms with Gasteiger partial charge in [0.2, 0.25) is 0 Å². The molecule has 0 heterocycles. The summed E-state index contributed by atoms with van der Waals surface area (Å²) in [5.74, 6) is -0.118. The number of aliphatic hydroxyl groups excluding tert-OH is 1. The lowest BCUT2D eigenvalue weighted by Gasteiger charge is -2.08. The molecule has 1 amide bonds. The Bertz CT molecular complexity index is 377. The van der Waals surface area contributed by atoms with E-state index in [1.807, 2.05) is 19.1 Å². The summed E-state index contributed by atoms with van der Waals surface area (Å²) in [4.78, 5) is 11.7. The van der Waals surface area contributed by atoms with E-state index in [-0.39, 0.29) is 12.0 Å². The number of carbonyl (C=O) groups excluding carboxylic acids is 1. The molecule has 0 bridgehead atoms. The van der Waals surface area contributed by atoms with Crippen molar-refractivity contribution < 1.29 is 9.90 Å². The first-order valence-corrected chi connectivity index (χ1v) is 6.02. The molecule has 1 unspecified atom stereocenters. The first-order chi connectivity index (χ1) is 7.50. The summed E-state index contributed by atoms with van der Waals surface area (Å²) in [6, 6.07) is 5.59. The van der Waals surface area contributed by atoms with Crippen LogP contribution in [0.2, 0.25) is 0 Å². The number of aliphatic hydroxyl groups is 1. The molecule has 2 N–H and O–H groups in total. The van der Waals surface area contributed by atoms with E-state index in [9.17, 15) is 4.79 Å². The quantitative estimate of drug-likeness (QED) is 0.892. The van der Waals surface area contributed by atoms with E-state index in [1.165, 1.54) is 0 Å². The highest BCUT2D eigenvalue weighted by molar-refractivity contribution is 9.10. The number of rotatable bonds is 4. The maximum atomic E-state index is 11.7. The van der Waals surface area contributed by atoms with Gasteiger partial charge in [0.25, 0.3) is 5.91 Å². The fourth-order valence-corrected chi connectivity index (χ4v) is 1.97. The van der Waals surface area contributed by atoms with E-state index in [1.54, 1.807) is 13.0 Å². The minimum absolute atomic E-state index is 0.118. The molecule has 0 spiro atoms. The second-order valence-electron chi connectivity index (χ2n) is 3.88. The molecule has 3 nitrogen and oxygen atoms in total. The first kappa shape index (κ1) is 13.2. The molecule has 16 heavy (non-hydrogen) atoms. The summed E-state index contributed by atoms with van der Waals surface area (Å²) in [6.07, 6.45) is 0.177. The van der Waals surface area contributed by atoms with Crippen LogP contribution in [0, 0.1) is 6.92 Å². The largest absolute Gasteiger partial charge is 0.393 e. The van der Waals surface area contributed by atoms with E-state index >= 15 is 0 Å². The molecule has 1 aromatic rings. The average Bonchev–Trinajstić information content (AvgIpc) is 2.16. The number of benzene rings is 1. The molecular formula is C12H16BrNO2. The van der Waals surface area contributed by atoms with Crippen LogP contribution in [-0.2, 0) is 0 Å². The average molecular weight is 286 g/mol. The van der Waals surface area contributed by atoms with E-state index in [2.05, 4.69) is 21.2 Å². The molecule has 88 valence electrons. The van der Waals surface area contributed by atoms with Crippen molar-refractivity contribution >= 4 is 21.8 Å². The predicted molar refractivity (Wildman–Crippen MR) is 67.5 cm³/mol. The van der Waals surface area contributed by atoms with Gasteiger partial charge in [0.15, 0.2) is 0 Å². The first-order valence-electron chi connectivity index (χ1n) is 5.23. The number of hydrogen-bond donors (Lipinski definition) is 2. The number of aryl methyl sites for hydroxylation is 1. The Kier molecular flexibility index (Phi) is 4.96. The lowest BCUT2D eigenvalue weighted by Crippen LogP contribution is -2.26. The molecule has 1 atom stereocenters. The highest BCUT2D eigenvalue weighted by Crippen LogP contribution is 2.18. The van der Waals surface area contributed by atoms with Crippen molar-refractivity contribution in [3.8, 4) is 0 Å². The topological polar surface area (TPSA) is 49.3 Å². The van der Waals surface area contributed by atoms with E-state index in [4.69, 9.17) is 5.11 Å². The Morgan fingerprint density at radius 1 is 1.56 bits per heavy atom. The maximum Gasteiger partial charge on any atom is 0.252 e. The molecule has 0 saturated heterocycles. The molecular weight excluding hydrogens is 270 g/mol. The van der Waals surface area contributed by atoms with Gasteiger partial charge in [-0.15, -0.1) is 0 Å². The molecule has 0 radical (unpaired) electrons. The monoisotopic (exact) mass is 285 g/mol. The van der Waals surface area contributed by atoms with Crippen LogP contribution >= 0.6 is 15.9 Å². The third kappa shape index (κ3) is 3.94. The number of nitrogens with one attached hydrogen (secondary N) is 1. The van der Waals surface area contributed by atoms with Crippen molar-refractivity contribution in [2.24, 2.45) is 0 Å². The van der Waals surface area contributed by atoms with E-state index in [0.29, 0.717) is 18.5 Å². The lowest BCUT2D eigenvalue weighted by atomic mass is 10.1. The van der Waals surface area contributed by atoms with Gasteiger partial charge in [-0.25, -0.2) is 0 Å². The van der Waals surface area contributed by atoms with Gasteiger partial charge in [-0.1, -0.05) is 6.07 Å². The standard InChI is InChI=1S/C12H16BrNO2/c1-8-3-4-10(11(13)7-8)12(16)14-6-5-9(2)15/h3-4,7,9,15H,5-6H2,1-2H3,(H,14,16). The van der Waals surface area contributed by atoms with Crippen LogP contribution in [0.15, 0.2) is 22.7 Å². The predicted octanol–water partition coefficient (Wildman–Crippen LogP) is 2.26. The Morgan fingerprint density at radius 3 is 2.81 bits per heavy atom. The second kappa shape index (κ2) is 6.01. The Morgan fingerprint density at radius 2 is 2.25 bits per heavy atom. The normalized spacial score (nSPS) is 12.2. The molecule has 1 aromatic carbocycles. The van der Waals surface area contributed by atoms with Gasteiger partial charge in [0, 0.05) is 11.0 Å². The van der Waals surface area contributed by atoms with Crippen LogP contribution in [0.3, 0.4) is 0 Å². The van der Waals surface area contributed by atoms with Crippen molar-refractivity contribution in [2.75, 3.05) is 6.54 Å². The fraction of sp³-hybridized carbons (Fsp3) is 0.417. The van der Waals surface area contributed by atoms with Gasteiger partial charge in [0.05, 0.1) is 11.7 Å². The third-order valence-electron chi connectivity index (χ3n) is 2.22. The molecule has 0 aromatic heterocycles. The van der Waals surface area contributed by atoms with Crippen molar-refractivity contribution in [3.63, 3.8) is 0 Å². The van der Waals surface area contributed by atoms with Crippen molar-refractivity contribution in [1.29, 1.82) is 0 Å². The SMILES string of the molecule is Cc1ccc(C(=O)NCCC(C)O)c(Br)c1. The Hall–Kier alpha value is -0.870. The zero-order valence-corrected chi connectivity index (χ0v) is 11.0. The second-order valence-corrected chi connectivity index (χ2v) is 4.73. The summed E-state index contributed by atoms with van der Waals surface area (Å²) in [5, 5.41) is 11.8. The van der Waals surface area contributed by atoms with Crippen LogP contribution < -0.4 is 5.32 Å². The van der Waals surface area contributed by atoms with Gasteiger partial charge < -0.3 is 10.4 Å². The van der Waals surface area contributed by atoms with E-state index in [0.717, 1.165) is 10.0 Å². The molecule has 0 aliphatic rings. The van der Waals surface area contributed by atoms with Gasteiger partial charge in [-0.2, -0.15) is 0 Å². The summed E-state index contributed by atoms with van der Waals surface area (Å²) >= 11 is 3.36. The molecule has 0 fully saturated rings. The Balaban J connectivity index is 2.59. The maximum absolute atomic E-state index is 11.7. The van der Waals surface area contributed by atoms with Crippen LogP contribution in [0.5, 0.6) is 0 Å². The van der Waals surface area contributed by atoms with Gasteiger partial charge in [-0.05, 0) is 53.9 Å². The smallest absolute Gasteiger partial charge is 0.252 e. The van der Waals surface area contributed by atoms with Crippen molar-refractivity contribution in [3.05, 3.63) is 33.8 Å². The number of halogens is 1. The van der Waals surface area contributed by atoms with Crippen LogP contribution in [0.4, 0.5) is 0 Å². The molecule has 1 rings (SSSR count). The zero-order chi connectivity index (χ0) is 12.1. The van der Waals surface area contributed by atoms with Crippen LogP contribution in [-0.4, -0.2) is 23.7 Å². The zero-order valence-electron chi connectivity index (χ0n) is 9.46. The minimum atomic E-state index is -0.387. The van der Waals surface area contributed by atoms with E-state index < -0.39 is 0 Å². The molecule has 0 aliphatic heterocycles. The summed E-state index contributed by atoms with van der Waals surface area (Å²) in [6.45, 7) is 4.16. The summed E-state index contributed by atoms with van der Waals surface area (Å²) < 4.78 is 0.794. The van der Waals surface area contributed by atoms with Gasteiger partial charge in [-0.3, -0.25) is 4.79 Å².